The van der Waals surface area contributed by atoms with Crippen molar-refractivity contribution in [1.29, 1.82) is 0 Å². The highest BCUT2D eigenvalue weighted by Gasteiger charge is 2.44. The van der Waals surface area contributed by atoms with Crippen molar-refractivity contribution < 1.29 is 4.42 Å². The normalized spacial score (nSPS) is 12.0. The SMILES string of the molecule is c1ccc([Si](c2ccccc2)(c2ccc(-n3c4ccccc4c4ccccc43)nc2)c2cccc3c2oc2ncccc23)cc1. The molecule has 4 nitrogen and oxygen atoms in total. The third kappa shape index (κ3) is 3.78. The maximum absolute atomic E-state index is 6.63. The summed E-state index contributed by atoms with van der Waals surface area (Å²) in [7, 11) is -2.94. The lowest BCUT2D eigenvalue weighted by Gasteiger charge is -2.34. The van der Waals surface area contributed by atoms with Gasteiger partial charge in [-0.25, -0.2) is 9.97 Å². The minimum Gasteiger partial charge on any atom is -0.438 e. The van der Waals surface area contributed by atoms with E-state index in [0.29, 0.717) is 5.71 Å². The van der Waals surface area contributed by atoms with Crippen molar-refractivity contribution in [2.24, 2.45) is 0 Å². The highest BCUT2D eigenvalue weighted by molar-refractivity contribution is 7.20. The van der Waals surface area contributed by atoms with E-state index in [9.17, 15) is 0 Å². The number of benzene rings is 5. The third-order valence-electron chi connectivity index (χ3n) is 9.08. The number of fused-ring (bicyclic) bond motifs is 6. The maximum Gasteiger partial charge on any atom is 0.227 e. The first kappa shape index (κ1) is 25.7. The Balaban J connectivity index is 1.36. The molecular formula is C40H27N3OSi. The van der Waals surface area contributed by atoms with Gasteiger partial charge >= 0.3 is 0 Å². The molecule has 45 heavy (non-hydrogen) atoms. The zero-order valence-electron chi connectivity index (χ0n) is 24.3. The number of rotatable bonds is 5. The van der Waals surface area contributed by atoms with Gasteiger partial charge in [-0.3, -0.25) is 4.57 Å². The summed E-state index contributed by atoms with van der Waals surface area (Å²) in [6, 6.07) is 54.0. The topological polar surface area (TPSA) is 43.9 Å². The molecule has 0 N–H and O–H groups in total. The summed E-state index contributed by atoms with van der Waals surface area (Å²) in [6.07, 6.45) is 3.89. The first-order valence-corrected chi connectivity index (χ1v) is 17.2. The molecule has 212 valence electrons. The van der Waals surface area contributed by atoms with Crippen LogP contribution in [0.1, 0.15) is 0 Å². The number of aromatic nitrogens is 3. The zero-order chi connectivity index (χ0) is 29.8. The van der Waals surface area contributed by atoms with E-state index in [1.807, 2.05) is 6.07 Å². The van der Waals surface area contributed by atoms with Gasteiger partial charge in [0.1, 0.15) is 11.4 Å². The second-order valence-corrected chi connectivity index (χ2v) is 15.2. The Morgan fingerprint density at radius 2 is 1.07 bits per heavy atom. The van der Waals surface area contributed by atoms with Gasteiger partial charge in [-0.05, 0) is 51.1 Å². The van der Waals surface area contributed by atoms with Crippen LogP contribution in [-0.4, -0.2) is 22.6 Å². The van der Waals surface area contributed by atoms with Crippen LogP contribution in [0.5, 0.6) is 0 Å². The van der Waals surface area contributed by atoms with Gasteiger partial charge in [-0.15, -0.1) is 0 Å². The molecule has 0 aliphatic rings. The van der Waals surface area contributed by atoms with E-state index in [2.05, 4.69) is 161 Å². The molecule has 5 aromatic carbocycles. The Morgan fingerprint density at radius 1 is 0.467 bits per heavy atom. The van der Waals surface area contributed by atoms with E-state index in [1.54, 1.807) is 6.20 Å². The lowest BCUT2D eigenvalue weighted by atomic mass is 10.2. The molecule has 9 rings (SSSR count). The van der Waals surface area contributed by atoms with Gasteiger partial charge in [0.05, 0.1) is 11.0 Å². The van der Waals surface area contributed by atoms with Gasteiger partial charge < -0.3 is 4.42 Å². The van der Waals surface area contributed by atoms with Gasteiger partial charge in [-0.1, -0.05) is 121 Å². The molecule has 0 bridgehead atoms. The Hall–Kier alpha value is -5.78. The summed E-state index contributed by atoms with van der Waals surface area (Å²) in [5, 5.41) is 9.45. The van der Waals surface area contributed by atoms with Gasteiger partial charge in [-0.2, -0.15) is 0 Å². The summed E-state index contributed by atoms with van der Waals surface area (Å²) < 4.78 is 8.90. The van der Waals surface area contributed by atoms with Crippen LogP contribution in [-0.2, 0) is 0 Å². The van der Waals surface area contributed by atoms with Crippen LogP contribution in [0.4, 0.5) is 0 Å². The van der Waals surface area contributed by atoms with Crippen molar-refractivity contribution in [1.82, 2.24) is 14.5 Å². The summed E-state index contributed by atoms with van der Waals surface area (Å²) in [4.78, 5) is 9.82. The molecule has 0 aliphatic heterocycles. The lowest BCUT2D eigenvalue weighted by molar-refractivity contribution is 0.656. The fourth-order valence-electron chi connectivity index (χ4n) is 7.18. The highest BCUT2D eigenvalue weighted by atomic mass is 28.3. The maximum atomic E-state index is 6.63. The van der Waals surface area contributed by atoms with E-state index in [0.717, 1.165) is 33.2 Å². The smallest absolute Gasteiger partial charge is 0.227 e. The molecule has 4 aromatic heterocycles. The second kappa shape index (κ2) is 10.1. The first-order valence-electron chi connectivity index (χ1n) is 15.2. The summed E-state index contributed by atoms with van der Waals surface area (Å²) in [5.41, 5.74) is 3.84. The third-order valence-corrected chi connectivity index (χ3v) is 13.8. The number of nitrogens with zero attached hydrogens (tertiary/aromatic N) is 3. The van der Waals surface area contributed by atoms with Crippen molar-refractivity contribution in [2.75, 3.05) is 0 Å². The van der Waals surface area contributed by atoms with Gasteiger partial charge in [0.15, 0.2) is 8.07 Å². The van der Waals surface area contributed by atoms with Crippen LogP contribution in [0.25, 0.3) is 49.7 Å². The average molecular weight is 594 g/mol. The Bertz CT molecular complexity index is 2390. The van der Waals surface area contributed by atoms with Crippen LogP contribution in [0.2, 0.25) is 0 Å². The molecule has 0 spiro atoms. The predicted octanol–water partition coefficient (Wildman–Crippen LogP) is 6.85. The highest BCUT2D eigenvalue weighted by Crippen LogP contribution is 2.31. The first-order chi connectivity index (χ1) is 22.3. The van der Waals surface area contributed by atoms with Crippen LogP contribution in [0.3, 0.4) is 0 Å². The Labute approximate surface area is 260 Å². The molecule has 0 atom stereocenters. The molecule has 4 heterocycles. The molecule has 0 fully saturated rings. The Morgan fingerprint density at radius 3 is 1.71 bits per heavy atom. The molecule has 0 saturated carbocycles. The monoisotopic (exact) mass is 593 g/mol. The number of hydrogen-bond donors (Lipinski definition) is 0. The standard InChI is InChI=1S/C40H27N3OSi/c1-3-13-28(14-4-1)45(29-15-5-2-6-16-29,37-23-11-19-33-34-20-12-26-41-40(34)44-39(33)37)30-24-25-38(42-27-30)43-35-21-9-7-17-31(35)32-18-8-10-22-36(32)43/h1-27H. The van der Waals surface area contributed by atoms with Gasteiger partial charge in [0.2, 0.25) is 5.71 Å². The van der Waals surface area contributed by atoms with E-state index < -0.39 is 8.07 Å². The summed E-state index contributed by atoms with van der Waals surface area (Å²) >= 11 is 0. The van der Waals surface area contributed by atoms with Crippen LogP contribution in [0, 0.1) is 0 Å². The Kier molecular flexibility index (Phi) is 5.79. The van der Waals surface area contributed by atoms with Crippen molar-refractivity contribution in [3.8, 4) is 5.82 Å². The largest absolute Gasteiger partial charge is 0.438 e. The predicted molar refractivity (Wildman–Crippen MR) is 187 cm³/mol. The van der Waals surface area contributed by atoms with Gasteiger partial charge in [0, 0.05) is 33.9 Å². The van der Waals surface area contributed by atoms with Crippen LogP contribution >= 0.6 is 0 Å². The van der Waals surface area contributed by atoms with Crippen molar-refractivity contribution in [2.45, 2.75) is 0 Å². The summed E-state index contributed by atoms with van der Waals surface area (Å²) in [6.45, 7) is 0. The molecule has 9 aromatic rings. The van der Waals surface area contributed by atoms with Crippen molar-refractivity contribution >= 4 is 72.7 Å². The quantitative estimate of drug-likeness (QED) is 0.162. The molecule has 0 unspecified atom stereocenters. The number of furan rings is 1. The second-order valence-electron chi connectivity index (χ2n) is 11.4. The fourth-order valence-corrected chi connectivity index (χ4v) is 12.0. The zero-order valence-corrected chi connectivity index (χ0v) is 25.3. The van der Waals surface area contributed by atoms with E-state index in [-0.39, 0.29) is 0 Å². The van der Waals surface area contributed by atoms with E-state index in [4.69, 9.17) is 9.40 Å². The molecule has 0 amide bonds. The molecular weight excluding hydrogens is 567 g/mol. The molecule has 5 heteroatoms. The van der Waals surface area contributed by atoms with Gasteiger partial charge in [0.25, 0.3) is 0 Å². The summed E-state index contributed by atoms with van der Waals surface area (Å²) in [5.74, 6) is 0.895. The number of para-hydroxylation sites is 3. The molecule has 0 radical (unpaired) electrons. The average Bonchev–Trinajstić information content (AvgIpc) is 3.66. The van der Waals surface area contributed by atoms with Crippen molar-refractivity contribution in [3.63, 3.8) is 0 Å². The molecule has 0 saturated heterocycles. The van der Waals surface area contributed by atoms with E-state index in [1.165, 1.54) is 31.5 Å². The van der Waals surface area contributed by atoms with Crippen LogP contribution in [0.15, 0.2) is 168 Å². The van der Waals surface area contributed by atoms with E-state index >= 15 is 0 Å². The molecule has 0 aliphatic carbocycles. The minimum absolute atomic E-state index is 0.656. The van der Waals surface area contributed by atoms with Crippen molar-refractivity contribution in [3.05, 3.63) is 164 Å². The minimum atomic E-state index is -2.94. The lowest BCUT2D eigenvalue weighted by Crippen LogP contribution is -2.75. The number of hydrogen-bond acceptors (Lipinski definition) is 3. The van der Waals surface area contributed by atoms with Crippen LogP contribution < -0.4 is 20.7 Å². The fraction of sp³-hybridized carbons (Fsp3) is 0. The number of pyridine rings is 2.